The van der Waals surface area contributed by atoms with Crippen LogP contribution in [0.3, 0.4) is 0 Å². The summed E-state index contributed by atoms with van der Waals surface area (Å²) in [5.74, 6) is -1.21. The summed E-state index contributed by atoms with van der Waals surface area (Å²) < 4.78 is 51.0. The van der Waals surface area contributed by atoms with Gasteiger partial charge in [0.25, 0.3) is 0 Å². The minimum atomic E-state index is -4.70. The van der Waals surface area contributed by atoms with Crippen molar-refractivity contribution in [2.75, 3.05) is 13.6 Å². The maximum atomic E-state index is 13.2. The van der Waals surface area contributed by atoms with Gasteiger partial charge in [-0.2, -0.15) is 13.2 Å². The van der Waals surface area contributed by atoms with E-state index in [4.69, 9.17) is 0 Å². The van der Waals surface area contributed by atoms with Crippen molar-refractivity contribution in [3.63, 3.8) is 0 Å². The van der Waals surface area contributed by atoms with Gasteiger partial charge in [0.05, 0.1) is 5.56 Å². The van der Waals surface area contributed by atoms with E-state index in [9.17, 15) is 22.4 Å². The van der Waals surface area contributed by atoms with E-state index in [0.29, 0.717) is 24.9 Å². The van der Waals surface area contributed by atoms with Gasteiger partial charge >= 0.3 is 6.18 Å². The van der Waals surface area contributed by atoms with Gasteiger partial charge in [-0.15, -0.1) is 0 Å². The zero-order valence-electron chi connectivity index (χ0n) is 11.5. The van der Waals surface area contributed by atoms with Gasteiger partial charge in [-0.05, 0) is 24.1 Å². The minimum Gasteiger partial charge on any atom is -0.344 e. The number of alkyl halides is 3. The number of hydrogen-bond acceptors (Lipinski definition) is 2. The number of benzene rings is 1. The highest BCUT2D eigenvalue weighted by atomic mass is 19.4. The van der Waals surface area contributed by atoms with Gasteiger partial charge < -0.3 is 10.2 Å². The molecular weight excluding hydrogens is 288 g/mol. The molecule has 1 aliphatic rings. The number of nitrogens with zero attached hydrogens (tertiary/aromatic N) is 1. The summed E-state index contributed by atoms with van der Waals surface area (Å²) in [6, 6.07) is 3.01. The Balaban J connectivity index is 1.99. The molecule has 21 heavy (non-hydrogen) atoms. The third kappa shape index (κ3) is 3.93. The predicted octanol–water partition coefficient (Wildman–Crippen LogP) is 2.55. The number of halogens is 4. The third-order valence-corrected chi connectivity index (χ3v) is 3.56. The summed E-state index contributed by atoms with van der Waals surface area (Å²) in [5, 5.41) is 3.10. The molecule has 1 aliphatic heterocycles. The number of rotatable bonds is 3. The molecule has 1 fully saturated rings. The predicted molar refractivity (Wildman–Crippen MR) is 68.9 cm³/mol. The van der Waals surface area contributed by atoms with Gasteiger partial charge in [0.1, 0.15) is 5.82 Å². The van der Waals surface area contributed by atoms with E-state index in [-0.39, 0.29) is 18.5 Å². The highest BCUT2D eigenvalue weighted by Gasteiger charge is 2.34. The Morgan fingerprint density at radius 2 is 2.10 bits per heavy atom. The largest absolute Gasteiger partial charge is 0.419 e. The number of piperidine rings is 1. The molecule has 3 nitrogen and oxygen atoms in total. The smallest absolute Gasteiger partial charge is 0.344 e. The van der Waals surface area contributed by atoms with Crippen LogP contribution < -0.4 is 5.32 Å². The molecule has 1 saturated heterocycles. The molecule has 0 radical (unpaired) electrons. The summed E-state index contributed by atoms with van der Waals surface area (Å²) in [7, 11) is 1.69. The normalized spacial score (nSPS) is 20.0. The summed E-state index contributed by atoms with van der Waals surface area (Å²) >= 11 is 0. The Hall–Kier alpha value is -1.63. The van der Waals surface area contributed by atoms with E-state index >= 15 is 0 Å². The lowest BCUT2D eigenvalue weighted by Gasteiger charge is -2.30. The first-order chi connectivity index (χ1) is 9.77. The van der Waals surface area contributed by atoms with Gasteiger partial charge in [-0.25, -0.2) is 4.39 Å². The lowest BCUT2D eigenvalue weighted by Crippen LogP contribution is -2.46. The number of carbonyl (C=O) groups excluding carboxylic acids is 1. The number of amides is 1. The van der Waals surface area contributed by atoms with Crippen LogP contribution in [0.25, 0.3) is 0 Å². The molecule has 0 aliphatic carbocycles. The van der Waals surface area contributed by atoms with E-state index in [2.05, 4.69) is 5.32 Å². The van der Waals surface area contributed by atoms with Gasteiger partial charge in [0.2, 0.25) is 5.91 Å². The highest BCUT2D eigenvalue weighted by molar-refractivity contribution is 5.76. The van der Waals surface area contributed by atoms with Crippen molar-refractivity contribution in [3.8, 4) is 0 Å². The Morgan fingerprint density at radius 3 is 2.71 bits per heavy atom. The summed E-state index contributed by atoms with van der Waals surface area (Å²) in [4.78, 5) is 12.9. The molecular formula is C14H16F4N2O. The summed E-state index contributed by atoms with van der Waals surface area (Å²) in [6.07, 6.45) is -3.63. The molecule has 116 valence electrons. The molecule has 0 aromatic heterocycles. The molecule has 0 spiro atoms. The Kier molecular flexibility index (Phi) is 4.51. The van der Waals surface area contributed by atoms with E-state index in [1.807, 2.05) is 0 Å². The summed E-state index contributed by atoms with van der Waals surface area (Å²) in [5.41, 5.74) is -0.888. The van der Waals surface area contributed by atoms with Crippen molar-refractivity contribution < 1.29 is 22.4 Å². The zero-order valence-corrected chi connectivity index (χ0v) is 11.5. The van der Waals surface area contributed by atoms with Crippen LogP contribution in [0.2, 0.25) is 0 Å². The second kappa shape index (κ2) is 6.01. The molecule has 2 rings (SSSR count). The molecule has 1 aromatic carbocycles. The average Bonchev–Trinajstić information content (AvgIpc) is 2.40. The standard InChI is InChI=1S/C14H16F4N2O/c1-20-8-10(3-5-13(20)21)19-7-9-2-4-12(15)11(6-9)14(16,17)18/h2,4,6,10,19H,3,5,7-8H2,1H3. The molecule has 7 heteroatoms. The molecule has 1 aromatic rings. The number of likely N-dealkylation sites (N-methyl/N-ethyl adjacent to an activating group) is 1. The SMILES string of the molecule is CN1CC(NCc2ccc(F)c(C(F)(F)F)c2)CCC1=O. The maximum absolute atomic E-state index is 13.2. The fraction of sp³-hybridized carbons (Fsp3) is 0.500. The molecule has 1 amide bonds. The lowest BCUT2D eigenvalue weighted by atomic mass is 10.0. The monoisotopic (exact) mass is 304 g/mol. The molecule has 1 unspecified atom stereocenters. The Labute approximate surface area is 119 Å². The number of hydrogen-bond donors (Lipinski definition) is 1. The van der Waals surface area contributed by atoms with Crippen LogP contribution in [-0.2, 0) is 17.5 Å². The van der Waals surface area contributed by atoms with Crippen molar-refractivity contribution in [1.29, 1.82) is 0 Å². The van der Waals surface area contributed by atoms with Crippen LogP contribution in [-0.4, -0.2) is 30.4 Å². The van der Waals surface area contributed by atoms with Crippen LogP contribution >= 0.6 is 0 Å². The average molecular weight is 304 g/mol. The highest BCUT2D eigenvalue weighted by Crippen LogP contribution is 2.31. The van der Waals surface area contributed by atoms with Crippen molar-refractivity contribution >= 4 is 5.91 Å². The molecule has 0 saturated carbocycles. The van der Waals surface area contributed by atoms with Crippen LogP contribution in [0.4, 0.5) is 17.6 Å². The number of nitrogens with one attached hydrogen (secondary N) is 1. The molecule has 1 atom stereocenters. The molecule has 0 bridgehead atoms. The maximum Gasteiger partial charge on any atom is 0.419 e. The van der Waals surface area contributed by atoms with Gasteiger partial charge in [0, 0.05) is 32.6 Å². The van der Waals surface area contributed by atoms with Gasteiger partial charge in [-0.1, -0.05) is 6.07 Å². The molecule has 1 heterocycles. The van der Waals surface area contributed by atoms with Gasteiger partial charge in [0.15, 0.2) is 0 Å². The topological polar surface area (TPSA) is 32.3 Å². The minimum absolute atomic E-state index is 0.0343. The van der Waals surface area contributed by atoms with Crippen molar-refractivity contribution in [3.05, 3.63) is 35.1 Å². The Morgan fingerprint density at radius 1 is 1.38 bits per heavy atom. The fourth-order valence-corrected chi connectivity index (χ4v) is 2.34. The second-order valence-electron chi connectivity index (χ2n) is 5.20. The summed E-state index contributed by atoms with van der Waals surface area (Å²) in [6.45, 7) is 0.724. The second-order valence-corrected chi connectivity index (χ2v) is 5.20. The Bertz CT molecular complexity index is 530. The quantitative estimate of drug-likeness (QED) is 0.871. The van der Waals surface area contributed by atoms with Crippen LogP contribution in [0.15, 0.2) is 18.2 Å². The third-order valence-electron chi connectivity index (χ3n) is 3.56. The molecule has 1 N–H and O–H groups in total. The van der Waals surface area contributed by atoms with Crippen LogP contribution in [0.5, 0.6) is 0 Å². The van der Waals surface area contributed by atoms with Crippen LogP contribution in [0, 0.1) is 5.82 Å². The van der Waals surface area contributed by atoms with E-state index in [1.54, 1.807) is 11.9 Å². The lowest BCUT2D eigenvalue weighted by molar-refractivity contribution is -0.140. The van der Waals surface area contributed by atoms with Crippen molar-refractivity contribution in [1.82, 2.24) is 10.2 Å². The first-order valence-corrected chi connectivity index (χ1v) is 6.60. The number of carbonyl (C=O) groups is 1. The first-order valence-electron chi connectivity index (χ1n) is 6.60. The van der Waals surface area contributed by atoms with E-state index < -0.39 is 17.6 Å². The van der Waals surface area contributed by atoms with Crippen molar-refractivity contribution in [2.24, 2.45) is 0 Å². The van der Waals surface area contributed by atoms with Crippen molar-refractivity contribution in [2.45, 2.75) is 31.6 Å². The van der Waals surface area contributed by atoms with Gasteiger partial charge in [-0.3, -0.25) is 4.79 Å². The fourth-order valence-electron chi connectivity index (χ4n) is 2.34. The number of likely N-dealkylation sites (tertiary alicyclic amines) is 1. The van der Waals surface area contributed by atoms with E-state index in [1.165, 1.54) is 6.07 Å². The van der Waals surface area contributed by atoms with Crippen LogP contribution in [0.1, 0.15) is 24.0 Å². The van der Waals surface area contributed by atoms with E-state index in [0.717, 1.165) is 12.1 Å². The first kappa shape index (κ1) is 15.8. The zero-order chi connectivity index (χ0) is 15.6.